The fourth-order valence-corrected chi connectivity index (χ4v) is 3.04. The molecule has 2 fully saturated rings. The molecule has 1 aliphatic carbocycles. The van der Waals surface area contributed by atoms with E-state index < -0.39 is 6.10 Å². The van der Waals surface area contributed by atoms with Crippen LogP contribution >= 0.6 is 0 Å². The molecule has 1 heterocycles. The highest BCUT2D eigenvalue weighted by Crippen LogP contribution is 2.29. The number of carbonyl (C=O) groups is 2. The summed E-state index contributed by atoms with van der Waals surface area (Å²) in [4.78, 5) is 27.1. The van der Waals surface area contributed by atoms with Crippen LogP contribution in [-0.2, 0) is 9.53 Å². The van der Waals surface area contributed by atoms with E-state index in [-0.39, 0.29) is 11.8 Å². The number of piperidine rings is 1. The van der Waals surface area contributed by atoms with E-state index in [4.69, 9.17) is 4.74 Å². The maximum atomic E-state index is 12.8. The van der Waals surface area contributed by atoms with Crippen molar-refractivity contribution >= 4 is 17.5 Å². The fourth-order valence-electron chi connectivity index (χ4n) is 3.04. The second-order valence-corrected chi connectivity index (χ2v) is 7.43. The molecule has 1 aromatic rings. The van der Waals surface area contributed by atoms with Gasteiger partial charge in [0.05, 0.1) is 17.9 Å². The lowest BCUT2D eigenvalue weighted by Gasteiger charge is -2.31. The number of ether oxygens (including phenoxy) is 1. The van der Waals surface area contributed by atoms with Crippen LogP contribution in [0.5, 0.6) is 0 Å². The Morgan fingerprint density at radius 3 is 2.56 bits per heavy atom. The molecule has 0 aromatic heterocycles. The van der Waals surface area contributed by atoms with Crippen molar-refractivity contribution in [2.24, 2.45) is 11.8 Å². The Balaban J connectivity index is 1.63. The summed E-state index contributed by atoms with van der Waals surface area (Å²) in [7, 11) is 0. The molecule has 3 rings (SSSR count). The molecular formula is C20H28N2O3. The van der Waals surface area contributed by atoms with Gasteiger partial charge in [0.25, 0.3) is 11.8 Å². The van der Waals surface area contributed by atoms with Crippen LogP contribution < -0.4 is 5.32 Å². The Labute approximate surface area is 149 Å². The summed E-state index contributed by atoms with van der Waals surface area (Å²) in [5.74, 6) is 1.08. The molecule has 2 amide bonds. The Bertz CT molecular complexity index is 619. The van der Waals surface area contributed by atoms with E-state index in [2.05, 4.69) is 12.2 Å². The van der Waals surface area contributed by atoms with Gasteiger partial charge in [-0.25, -0.2) is 0 Å². The number of para-hydroxylation sites is 1. The van der Waals surface area contributed by atoms with Crippen molar-refractivity contribution in [1.29, 1.82) is 0 Å². The van der Waals surface area contributed by atoms with Gasteiger partial charge < -0.3 is 15.0 Å². The lowest BCUT2D eigenvalue weighted by molar-refractivity contribution is -0.126. The van der Waals surface area contributed by atoms with E-state index in [1.165, 1.54) is 12.8 Å². The third kappa shape index (κ3) is 4.82. The average Bonchev–Trinajstić information content (AvgIpc) is 3.44. The number of amides is 2. The number of benzene rings is 1. The first kappa shape index (κ1) is 17.9. The van der Waals surface area contributed by atoms with Crippen LogP contribution in [0.2, 0.25) is 0 Å². The Hall–Kier alpha value is -1.88. The Morgan fingerprint density at radius 2 is 1.88 bits per heavy atom. The van der Waals surface area contributed by atoms with E-state index in [1.54, 1.807) is 19.1 Å². The van der Waals surface area contributed by atoms with Gasteiger partial charge in [-0.2, -0.15) is 0 Å². The second kappa shape index (κ2) is 8.00. The first-order chi connectivity index (χ1) is 12.0. The van der Waals surface area contributed by atoms with Crippen molar-refractivity contribution in [3.8, 4) is 0 Å². The average molecular weight is 344 g/mol. The maximum Gasteiger partial charge on any atom is 0.255 e. The van der Waals surface area contributed by atoms with Crippen molar-refractivity contribution in [2.45, 2.75) is 45.6 Å². The summed E-state index contributed by atoms with van der Waals surface area (Å²) in [6.45, 7) is 6.18. The topological polar surface area (TPSA) is 58.6 Å². The van der Waals surface area contributed by atoms with E-state index in [0.29, 0.717) is 29.7 Å². The van der Waals surface area contributed by atoms with Gasteiger partial charge in [0.15, 0.2) is 0 Å². The summed E-state index contributed by atoms with van der Waals surface area (Å²) in [6, 6.07) is 7.24. The standard InChI is InChI=1S/C20H28N2O3/c1-14-9-11-22(12-10-14)20(24)17-5-3-4-6-18(17)21-19(23)15(2)25-13-16-7-8-16/h3-6,14-16H,7-13H2,1-2H3,(H,21,23). The third-order valence-electron chi connectivity index (χ3n) is 5.13. The predicted octanol–water partition coefficient (Wildman–Crippen LogP) is 3.31. The number of nitrogens with one attached hydrogen (secondary N) is 1. The van der Waals surface area contributed by atoms with Crippen LogP contribution in [0.15, 0.2) is 24.3 Å². The van der Waals surface area contributed by atoms with Crippen LogP contribution in [0.3, 0.4) is 0 Å². The normalized spacial score (nSPS) is 19.5. The van der Waals surface area contributed by atoms with Gasteiger partial charge in [-0.3, -0.25) is 9.59 Å². The molecule has 1 saturated carbocycles. The highest BCUT2D eigenvalue weighted by Gasteiger charge is 2.26. The molecular weight excluding hydrogens is 316 g/mol. The molecule has 1 N–H and O–H groups in total. The van der Waals surface area contributed by atoms with E-state index >= 15 is 0 Å². The van der Waals surface area contributed by atoms with Crippen molar-refractivity contribution < 1.29 is 14.3 Å². The number of hydrogen-bond acceptors (Lipinski definition) is 3. The molecule has 2 aliphatic rings. The lowest BCUT2D eigenvalue weighted by Crippen LogP contribution is -2.38. The zero-order valence-electron chi connectivity index (χ0n) is 15.2. The molecule has 0 radical (unpaired) electrons. The highest BCUT2D eigenvalue weighted by atomic mass is 16.5. The zero-order chi connectivity index (χ0) is 17.8. The molecule has 136 valence electrons. The summed E-state index contributed by atoms with van der Waals surface area (Å²) >= 11 is 0. The van der Waals surface area contributed by atoms with Crippen molar-refractivity contribution in [1.82, 2.24) is 4.90 Å². The molecule has 1 aliphatic heterocycles. The van der Waals surface area contributed by atoms with Gasteiger partial charge in [-0.1, -0.05) is 19.1 Å². The monoisotopic (exact) mass is 344 g/mol. The SMILES string of the molecule is CC1CCN(C(=O)c2ccccc2NC(=O)C(C)OCC2CC2)CC1. The van der Waals surface area contributed by atoms with E-state index in [9.17, 15) is 9.59 Å². The number of anilines is 1. The summed E-state index contributed by atoms with van der Waals surface area (Å²) in [6.07, 6.45) is 3.94. The van der Waals surface area contributed by atoms with Crippen molar-refractivity contribution in [3.63, 3.8) is 0 Å². The summed E-state index contributed by atoms with van der Waals surface area (Å²) < 4.78 is 5.62. The number of carbonyl (C=O) groups excluding carboxylic acids is 2. The van der Waals surface area contributed by atoms with Gasteiger partial charge in [-0.15, -0.1) is 0 Å². The zero-order valence-corrected chi connectivity index (χ0v) is 15.2. The maximum absolute atomic E-state index is 12.8. The molecule has 0 bridgehead atoms. The predicted molar refractivity (Wildman–Crippen MR) is 97.5 cm³/mol. The van der Waals surface area contributed by atoms with Crippen molar-refractivity contribution in [2.75, 3.05) is 25.0 Å². The lowest BCUT2D eigenvalue weighted by atomic mass is 9.98. The largest absolute Gasteiger partial charge is 0.368 e. The first-order valence-electron chi connectivity index (χ1n) is 9.35. The molecule has 25 heavy (non-hydrogen) atoms. The molecule has 1 aromatic carbocycles. The fraction of sp³-hybridized carbons (Fsp3) is 0.600. The van der Waals surface area contributed by atoms with Crippen LogP contribution in [0.1, 0.15) is 49.9 Å². The van der Waals surface area contributed by atoms with Gasteiger partial charge >= 0.3 is 0 Å². The first-order valence-corrected chi connectivity index (χ1v) is 9.35. The minimum atomic E-state index is -0.514. The summed E-state index contributed by atoms with van der Waals surface area (Å²) in [5, 5.41) is 2.87. The van der Waals surface area contributed by atoms with E-state index in [0.717, 1.165) is 25.9 Å². The van der Waals surface area contributed by atoms with E-state index in [1.807, 2.05) is 17.0 Å². The number of hydrogen-bond donors (Lipinski definition) is 1. The number of rotatable bonds is 6. The summed E-state index contributed by atoms with van der Waals surface area (Å²) in [5.41, 5.74) is 1.12. The molecule has 1 unspecified atom stereocenters. The quantitative estimate of drug-likeness (QED) is 0.861. The van der Waals surface area contributed by atoms with Gasteiger partial charge in [-0.05, 0) is 56.6 Å². The van der Waals surface area contributed by atoms with Gasteiger partial charge in [0.2, 0.25) is 0 Å². The second-order valence-electron chi connectivity index (χ2n) is 7.43. The van der Waals surface area contributed by atoms with Gasteiger partial charge in [0.1, 0.15) is 6.10 Å². The van der Waals surface area contributed by atoms with Crippen LogP contribution in [0, 0.1) is 11.8 Å². The van der Waals surface area contributed by atoms with Crippen LogP contribution in [0.25, 0.3) is 0 Å². The minimum absolute atomic E-state index is 0.00523. The van der Waals surface area contributed by atoms with Crippen LogP contribution in [0.4, 0.5) is 5.69 Å². The molecule has 0 spiro atoms. The Morgan fingerprint density at radius 1 is 1.20 bits per heavy atom. The molecule has 5 nitrogen and oxygen atoms in total. The third-order valence-corrected chi connectivity index (χ3v) is 5.13. The highest BCUT2D eigenvalue weighted by molar-refractivity contribution is 6.04. The number of likely N-dealkylation sites (tertiary alicyclic amines) is 1. The Kier molecular flexibility index (Phi) is 5.74. The molecule has 1 atom stereocenters. The number of nitrogens with zero attached hydrogens (tertiary/aromatic N) is 1. The van der Waals surface area contributed by atoms with Crippen molar-refractivity contribution in [3.05, 3.63) is 29.8 Å². The molecule has 1 saturated heterocycles. The van der Waals surface area contributed by atoms with Gasteiger partial charge in [0, 0.05) is 13.1 Å². The smallest absolute Gasteiger partial charge is 0.255 e. The molecule has 5 heteroatoms. The minimum Gasteiger partial charge on any atom is -0.368 e. The van der Waals surface area contributed by atoms with Crippen LogP contribution in [-0.4, -0.2) is 42.5 Å².